The van der Waals surface area contributed by atoms with Gasteiger partial charge in [0.25, 0.3) is 0 Å². The van der Waals surface area contributed by atoms with Gasteiger partial charge in [0.1, 0.15) is 5.82 Å². The summed E-state index contributed by atoms with van der Waals surface area (Å²) in [5.74, 6) is -1.02. The normalized spacial score (nSPS) is 21.1. The molecule has 152 valence electrons. The van der Waals surface area contributed by atoms with Crippen LogP contribution in [0.5, 0.6) is 0 Å². The predicted molar refractivity (Wildman–Crippen MR) is 104 cm³/mol. The monoisotopic (exact) mass is 389 g/mol. The van der Waals surface area contributed by atoms with Crippen molar-refractivity contribution in [2.24, 2.45) is 11.8 Å². The van der Waals surface area contributed by atoms with E-state index in [4.69, 9.17) is 0 Å². The third-order valence-corrected chi connectivity index (χ3v) is 5.55. The van der Waals surface area contributed by atoms with Gasteiger partial charge in [-0.3, -0.25) is 14.4 Å². The van der Waals surface area contributed by atoms with Gasteiger partial charge in [-0.15, -0.1) is 0 Å². The molecule has 2 aliphatic heterocycles. The van der Waals surface area contributed by atoms with Gasteiger partial charge >= 0.3 is 0 Å². The SMILES string of the molecule is CC(C)(C)N1CC(C(=O)N2CCC(C(=O)Nc3cccc(F)c3)CC2)CC1=O. The number of hydrogen-bond donors (Lipinski definition) is 1. The molecule has 1 aromatic rings. The Hall–Kier alpha value is -2.44. The van der Waals surface area contributed by atoms with Gasteiger partial charge in [0, 0.05) is 43.2 Å². The van der Waals surface area contributed by atoms with Crippen LogP contribution in [0, 0.1) is 17.7 Å². The second kappa shape index (κ2) is 7.89. The fraction of sp³-hybridized carbons (Fsp3) is 0.571. The van der Waals surface area contributed by atoms with E-state index in [1.54, 1.807) is 21.9 Å². The van der Waals surface area contributed by atoms with Gasteiger partial charge in [-0.25, -0.2) is 4.39 Å². The molecule has 2 heterocycles. The van der Waals surface area contributed by atoms with E-state index in [1.807, 2.05) is 20.8 Å². The molecular weight excluding hydrogens is 361 g/mol. The number of anilines is 1. The Labute approximate surface area is 165 Å². The lowest BCUT2D eigenvalue weighted by atomic mass is 9.94. The maximum Gasteiger partial charge on any atom is 0.227 e. The third-order valence-electron chi connectivity index (χ3n) is 5.55. The zero-order valence-corrected chi connectivity index (χ0v) is 16.7. The second-order valence-corrected chi connectivity index (χ2v) is 8.68. The highest BCUT2D eigenvalue weighted by atomic mass is 19.1. The molecule has 0 spiro atoms. The Balaban J connectivity index is 1.52. The van der Waals surface area contributed by atoms with Crippen LogP contribution in [-0.4, -0.2) is 52.7 Å². The van der Waals surface area contributed by atoms with E-state index in [9.17, 15) is 18.8 Å². The standard InChI is InChI=1S/C21H28FN3O3/c1-21(2,3)25-13-15(11-18(25)26)20(28)24-9-7-14(8-10-24)19(27)23-17-6-4-5-16(22)12-17/h4-6,12,14-15H,7-11,13H2,1-3H3,(H,23,27). The number of nitrogens with one attached hydrogen (secondary N) is 1. The number of halogens is 1. The van der Waals surface area contributed by atoms with Crippen LogP contribution in [0.2, 0.25) is 0 Å². The summed E-state index contributed by atoms with van der Waals surface area (Å²) in [6.45, 7) is 7.38. The topological polar surface area (TPSA) is 69.7 Å². The van der Waals surface area contributed by atoms with Crippen LogP contribution in [0.3, 0.4) is 0 Å². The van der Waals surface area contributed by atoms with Crippen molar-refractivity contribution in [3.63, 3.8) is 0 Å². The molecule has 2 fully saturated rings. The number of piperidine rings is 1. The average molecular weight is 389 g/mol. The number of benzene rings is 1. The van der Waals surface area contributed by atoms with Crippen molar-refractivity contribution < 1.29 is 18.8 Å². The van der Waals surface area contributed by atoms with E-state index in [-0.39, 0.29) is 41.5 Å². The molecule has 0 aliphatic carbocycles. The molecule has 1 aromatic carbocycles. The molecule has 3 amide bonds. The molecule has 0 saturated carbocycles. The van der Waals surface area contributed by atoms with Crippen LogP contribution in [0.4, 0.5) is 10.1 Å². The van der Waals surface area contributed by atoms with Crippen molar-refractivity contribution in [1.29, 1.82) is 0 Å². The Kier molecular flexibility index (Phi) is 5.72. The van der Waals surface area contributed by atoms with Crippen molar-refractivity contribution in [3.05, 3.63) is 30.1 Å². The molecule has 2 saturated heterocycles. The van der Waals surface area contributed by atoms with E-state index in [0.717, 1.165) is 0 Å². The Morgan fingerprint density at radius 1 is 1.14 bits per heavy atom. The lowest BCUT2D eigenvalue weighted by Gasteiger charge is -2.34. The second-order valence-electron chi connectivity index (χ2n) is 8.68. The highest BCUT2D eigenvalue weighted by molar-refractivity contribution is 5.93. The van der Waals surface area contributed by atoms with Crippen molar-refractivity contribution in [3.8, 4) is 0 Å². The number of hydrogen-bond acceptors (Lipinski definition) is 3. The quantitative estimate of drug-likeness (QED) is 0.864. The summed E-state index contributed by atoms with van der Waals surface area (Å²) in [4.78, 5) is 41.0. The van der Waals surface area contributed by atoms with Crippen LogP contribution < -0.4 is 5.32 Å². The summed E-state index contributed by atoms with van der Waals surface area (Å²) >= 11 is 0. The van der Waals surface area contributed by atoms with E-state index in [2.05, 4.69) is 5.32 Å². The van der Waals surface area contributed by atoms with E-state index < -0.39 is 5.82 Å². The van der Waals surface area contributed by atoms with Gasteiger partial charge in [0.15, 0.2) is 0 Å². The van der Waals surface area contributed by atoms with Crippen molar-refractivity contribution >= 4 is 23.4 Å². The summed E-state index contributed by atoms with van der Waals surface area (Å²) in [5, 5.41) is 2.75. The third kappa shape index (κ3) is 4.51. The zero-order valence-electron chi connectivity index (χ0n) is 16.7. The maximum atomic E-state index is 13.3. The van der Waals surface area contributed by atoms with Gasteiger partial charge in [0.05, 0.1) is 5.92 Å². The highest BCUT2D eigenvalue weighted by Crippen LogP contribution is 2.28. The summed E-state index contributed by atoms with van der Waals surface area (Å²) in [7, 11) is 0. The molecule has 6 nitrogen and oxygen atoms in total. The lowest BCUT2D eigenvalue weighted by molar-refractivity contribution is -0.138. The number of carbonyl (C=O) groups is 3. The Bertz CT molecular complexity index is 766. The van der Waals surface area contributed by atoms with Gasteiger partial charge < -0.3 is 15.1 Å². The Morgan fingerprint density at radius 2 is 1.82 bits per heavy atom. The molecule has 1 unspecified atom stereocenters. The molecule has 1 N–H and O–H groups in total. The van der Waals surface area contributed by atoms with Crippen LogP contribution >= 0.6 is 0 Å². The number of rotatable bonds is 3. The molecule has 3 rings (SSSR count). The minimum Gasteiger partial charge on any atom is -0.342 e. The van der Waals surface area contributed by atoms with Crippen LogP contribution in [0.1, 0.15) is 40.0 Å². The summed E-state index contributed by atoms with van der Waals surface area (Å²) in [5.41, 5.74) is 0.156. The lowest BCUT2D eigenvalue weighted by Crippen LogP contribution is -2.46. The first-order valence-corrected chi connectivity index (χ1v) is 9.81. The van der Waals surface area contributed by atoms with E-state index in [1.165, 1.54) is 12.1 Å². The molecule has 0 radical (unpaired) electrons. The van der Waals surface area contributed by atoms with Gasteiger partial charge in [-0.1, -0.05) is 6.07 Å². The molecule has 7 heteroatoms. The largest absolute Gasteiger partial charge is 0.342 e. The maximum absolute atomic E-state index is 13.3. The smallest absolute Gasteiger partial charge is 0.227 e. The predicted octanol–water partition coefficient (Wildman–Crippen LogP) is 2.65. The van der Waals surface area contributed by atoms with Crippen molar-refractivity contribution in [1.82, 2.24) is 9.80 Å². The first-order chi connectivity index (χ1) is 13.1. The molecule has 0 aromatic heterocycles. The molecular formula is C21H28FN3O3. The van der Waals surface area contributed by atoms with E-state index in [0.29, 0.717) is 38.2 Å². The van der Waals surface area contributed by atoms with Gasteiger partial charge in [0.2, 0.25) is 17.7 Å². The number of likely N-dealkylation sites (tertiary alicyclic amines) is 2. The highest BCUT2D eigenvalue weighted by Gasteiger charge is 2.41. The average Bonchev–Trinajstić information content (AvgIpc) is 3.03. The van der Waals surface area contributed by atoms with E-state index >= 15 is 0 Å². The van der Waals surface area contributed by atoms with Crippen LogP contribution in [-0.2, 0) is 14.4 Å². The van der Waals surface area contributed by atoms with Crippen molar-refractivity contribution in [2.75, 3.05) is 25.0 Å². The molecule has 28 heavy (non-hydrogen) atoms. The molecule has 0 bridgehead atoms. The fourth-order valence-corrected chi connectivity index (χ4v) is 3.95. The first kappa shape index (κ1) is 20.3. The first-order valence-electron chi connectivity index (χ1n) is 9.81. The minimum atomic E-state index is -0.395. The minimum absolute atomic E-state index is 0.00379. The number of amides is 3. The summed E-state index contributed by atoms with van der Waals surface area (Å²) in [6, 6.07) is 5.82. The van der Waals surface area contributed by atoms with Gasteiger partial charge in [-0.05, 0) is 51.8 Å². The number of nitrogens with zero attached hydrogens (tertiary/aromatic N) is 2. The fourth-order valence-electron chi connectivity index (χ4n) is 3.95. The Morgan fingerprint density at radius 3 is 2.39 bits per heavy atom. The van der Waals surface area contributed by atoms with Crippen LogP contribution in [0.15, 0.2) is 24.3 Å². The van der Waals surface area contributed by atoms with Crippen molar-refractivity contribution in [2.45, 2.75) is 45.6 Å². The summed E-state index contributed by atoms with van der Waals surface area (Å²) in [6.07, 6.45) is 1.39. The molecule has 2 aliphatic rings. The summed E-state index contributed by atoms with van der Waals surface area (Å²) < 4.78 is 13.3. The van der Waals surface area contributed by atoms with Gasteiger partial charge in [-0.2, -0.15) is 0 Å². The number of carbonyl (C=O) groups excluding carboxylic acids is 3. The molecule has 1 atom stereocenters. The zero-order chi connectivity index (χ0) is 20.5. The van der Waals surface area contributed by atoms with Crippen LogP contribution in [0.25, 0.3) is 0 Å².